The Hall–Kier alpha value is -3.32. The minimum atomic E-state index is -0.602. The normalized spacial score (nSPS) is 16.1. The maximum absolute atomic E-state index is 13.1. The number of rotatable bonds is 3. The molecule has 0 radical (unpaired) electrons. The van der Waals surface area contributed by atoms with Crippen LogP contribution in [0.3, 0.4) is 0 Å². The van der Waals surface area contributed by atoms with E-state index in [0.717, 1.165) is 49.2 Å². The van der Waals surface area contributed by atoms with Crippen molar-refractivity contribution in [3.63, 3.8) is 0 Å². The molecule has 1 aromatic carbocycles. The quantitative estimate of drug-likeness (QED) is 0.494. The van der Waals surface area contributed by atoms with Gasteiger partial charge in [-0.1, -0.05) is 6.58 Å². The third-order valence-electron chi connectivity index (χ3n) is 5.38. The van der Waals surface area contributed by atoms with E-state index in [1.54, 1.807) is 6.08 Å². The summed E-state index contributed by atoms with van der Waals surface area (Å²) in [5.41, 5.74) is 5.30. The summed E-state index contributed by atoms with van der Waals surface area (Å²) < 4.78 is 14.1. The SMILES string of the molecule is C=Cc1cc(-c2ccc3c(ccc4sc5c(c43)NC[C@@H](CF)NC5=O)n2)c(C)cn1. The van der Waals surface area contributed by atoms with Crippen LogP contribution in [0.2, 0.25) is 0 Å². The van der Waals surface area contributed by atoms with Crippen molar-refractivity contribution in [3.8, 4) is 11.3 Å². The van der Waals surface area contributed by atoms with Crippen molar-refractivity contribution in [1.82, 2.24) is 15.3 Å². The van der Waals surface area contributed by atoms with Crippen LogP contribution in [0.1, 0.15) is 20.9 Å². The van der Waals surface area contributed by atoms with Crippen molar-refractivity contribution in [1.29, 1.82) is 0 Å². The Labute approximate surface area is 176 Å². The topological polar surface area (TPSA) is 66.9 Å². The van der Waals surface area contributed by atoms with Crippen LogP contribution in [0.25, 0.3) is 38.3 Å². The van der Waals surface area contributed by atoms with E-state index in [2.05, 4.69) is 22.2 Å². The van der Waals surface area contributed by atoms with Gasteiger partial charge in [-0.05, 0) is 48.9 Å². The van der Waals surface area contributed by atoms with Gasteiger partial charge in [0.15, 0.2) is 0 Å². The summed E-state index contributed by atoms with van der Waals surface area (Å²) in [4.78, 5) is 22.4. The van der Waals surface area contributed by atoms with Crippen molar-refractivity contribution in [2.75, 3.05) is 18.5 Å². The predicted molar refractivity (Wildman–Crippen MR) is 121 cm³/mol. The minimum absolute atomic E-state index is 0.235. The molecule has 2 N–H and O–H groups in total. The molecule has 0 fully saturated rings. The molecule has 0 unspecified atom stereocenters. The standard InChI is InChI=1S/C23H19FN4OS/c1-3-13-8-16(12(2)10-25-13)18-5-4-15-17(28-18)6-7-19-20(15)21-22(30-19)23(29)27-14(9-24)11-26-21/h3-8,10,14,26H,1,9,11H2,2H3,(H,27,29)/t14-/m1/s1. The maximum Gasteiger partial charge on any atom is 0.263 e. The molecule has 0 bridgehead atoms. The molecule has 5 rings (SSSR count). The van der Waals surface area contributed by atoms with Gasteiger partial charge >= 0.3 is 0 Å². The van der Waals surface area contributed by atoms with Crippen molar-refractivity contribution in [2.45, 2.75) is 13.0 Å². The van der Waals surface area contributed by atoms with Gasteiger partial charge in [-0.25, -0.2) is 9.37 Å². The first-order valence-electron chi connectivity index (χ1n) is 9.65. The zero-order chi connectivity index (χ0) is 20.8. The number of anilines is 1. The van der Waals surface area contributed by atoms with Gasteiger partial charge in [0.2, 0.25) is 0 Å². The number of thiophene rings is 1. The van der Waals surface area contributed by atoms with E-state index < -0.39 is 12.7 Å². The smallest absolute Gasteiger partial charge is 0.263 e. The van der Waals surface area contributed by atoms with Crippen molar-refractivity contribution >= 4 is 50.0 Å². The second kappa shape index (κ2) is 7.18. The lowest BCUT2D eigenvalue weighted by Crippen LogP contribution is -2.38. The second-order valence-corrected chi connectivity index (χ2v) is 8.39. The van der Waals surface area contributed by atoms with Gasteiger partial charge in [0.05, 0.1) is 28.6 Å². The third kappa shape index (κ3) is 2.93. The number of nitrogens with zero attached hydrogens (tertiary/aromatic N) is 2. The zero-order valence-corrected chi connectivity index (χ0v) is 17.1. The van der Waals surface area contributed by atoms with Crippen LogP contribution in [-0.2, 0) is 0 Å². The van der Waals surface area contributed by atoms with E-state index >= 15 is 0 Å². The molecule has 1 aliphatic heterocycles. The Balaban J connectivity index is 1.69. The number of alkyl halides is 1. The van der Waals surface area contributed by atoms with Gasteiger partial charge in [-0.15, -0.1) is 11.3 Å². The molecule has 1 aliphatic rings. The first kappa shape index (κ1) is 18.7. The van der Waals surface area contributed by atoms with Crippen LogP contribution >= 0.6 is 11.3 Å². The lowest BCUT2D eigenvalue weighted by molar-refractivity contribution is 0.0940. The summed E-state index contributed by atoms with van der Waals surface area (Å²) in [6, 6.07) is 9.45. The summed E-state index contributed by atoms with van der Waals surface area (Å²) >= 11 is 1.41. The Morgan fingerprint density at radius 3 is 3.00 bits per heavy atom. The Morgan fingerprint density at radius 1 is 1.33 bits per heavy atom. The highest BCUT2D eigenvalue weighted by Gasteiger charge is 2.26. The van der Waals surface area contributed by atoms with Gasteiger partial charge in [-0.3, -0.25) is 9.78 Å². The molecular weight excluding hydrogens is 399 g/mol. The van der Waals surface area contributed by atoms with Crippen LogP contribution in [-0.4, -0.2) is 35.1 Å². The molecule has 4 aromatic rings. The fourth-order valence-electron chi connectivity index (χ4n) is 3.83. The Bertz CT molecular complexity index is 1330. The summed E-state index contributed by atoms with van der Waals surface area (Å²) in [5.74, 6) is -0.235. The predicted octanol–water partition coefficient (Wildman–Crippen LogP) is 4.96. The fraction of sp³-hybridized carbons (Fsp3) is 0.174. The largest absolute Gasteiger partial charge is 0.381 e. The molecular formula is C23H19FN4OS. The number of pyridine rings is 2. The van der Waals surface area contributed by atoms with E-state index in [-0.39, 0.29) is 5.91 Å². The van der Waals surface area contributed by atoms with E-state index in [0.29, 0.717) is 11.4 Å². The number of hydrogen-bond donors (Lipinski definition) is 2. The fourth-order valence-corrected chi connectivity index (χ4v) is 4.93. The molecule has 30 heavy (non-hydrogen) atoms. The number of carbonyl (C=O) groups excluding carboxylic acids is 1. The van der Waals surface area contributed by atoms with E-state index in [9.17, 15) is 9.18 Å². The number of amides is 1. The molecule has 7 heteroatoms. The molecule has 3 aromatic heterocycles. The third-order valence-corrected chi connectivity index (χ3v) is 6.54. The number of hydrogen-bond acceptors (Lipinski definition) is 5. The van der Waals surface area contributed by atoms with Gasteiger partial charge in [0.1, 0.15) is 11.6 Å². The molecule has 0 saturated carbocycles. The van der Waals surface area contributed by atoms with Gasteiger partial charge < -0.3 is 10.6 Å². The zero-order valence-electron chi connectivity index (χ0n) is 16.3. The highest BCUT2D eigenvalue weighted by Crippen LogP contribution is 2.41. The van der Waals surface area contributed by atoms with Crippen LogP contribution in [0.15, 0.2) is 43.1 Å². The van der Waals surface area contributed by atoms with Gasteiger partial charge in [-0.2, -0.15) is 0 Å². The van der Waals surface area contributed by atoms with E-state index in [1.165, 1.54) is 11.3 Å². The lowest BCUT2D eigenvalue weighted by atomic mass is 10.0. The number of aromatic nitrogens is 2. The first-order valence-corrected chi connectivity index (χ1v) is 10.5. The monoisotopic (exact) mass is 418 g/mol. The van der Waals surface area contributed by atoms with Crippen LogP contribution in [0, 0.1) is 6.92 Å². The average Bonchev–Trinajstić information content (AvgIpc) is 3.08. The van der Waals surface area contributed by atoms with Crippen molar-refractivity contribution in [3.05, 3.63) is 59.2 Å². The van der Waals surface area contributed by atoms with Crippen LogP contribution < -0.4 is 10.6 Å². The first-order chi connectivity index (χ1) is 14.6. The summed E-state index contributed by atoms with van der Waals surface area (Å²) in [7, 11) is 0. The van der Waals surface area contributed by atoms with Crippen LogP contribution in [0.5, 0.6) is 0 Å². The number of nitrogens with one attached hydrogen (secondary N) is 2. The highest BCUT2D eigenvalue weighted by atomic mass is 32.1. The van der Waals surface area contributed by atoms with Crippen LogP contribution in [0.4, 0.5) is 10.1 Å². The van der Waals surface area contributed by atoms with E-state index in [4.69, 9.17) is 4.98 Å². The molecule has 0 spiro atoms. The molecule has 0 saturated heterocycles. The summed E-state index contributed by atoms with van der Waals surface area (Å²) in [6.07, 6.45) is 3.54. The molecule has 0 aliphatic carbocycles. The van der Waals surface area contributed by atoms with E-state index in [1.807, 2.05) is 43.5 Å². The second-order valence-electron chi connectivity index (χ2n) is 7.34. The Kier molecular flexibility index (Phi) is 4.47. The van der Waals surface area contributed by atoms with Crippen molar-refractivity contribution < 1.29 is 9.18 Å². The number of halogens is 1. The minimum Gasteiger partial charge on any atom is -0.381 e. The molecule has 4 heterocycles. The summed E-state index contributed by atoms with van der Waals surface area (Å²) in [5, 5.41) is 7.95. The summed E-state index contributed by atoms with van der Waals surface area (Å²) in [6.45, 7) is 5.55. The molecule has 1 amide bonds. The van der Waals surface area contributed by atoms with Gasteiger partial charge in [0.25, 0.3) is 5.91 Å². The number of carbonyl (C=O) groups is 1. The number of fused-ring (bicyclic) bond motifs is 5. The average molecular weight is 418 g/mol. The Morgan fingerprint density at radius 2 is 2.20 bits per heavy atom. The van der Waals surface area contributed by atoms with Gasteiger partial charge in [0, 0.05) is 33.8 Å². The number of aryl methyl sites for hydroxylation is 1. The lowest BCUT2D eigenvalue weighted by Gasteiger charge is -2.12. The molecule has 1 atom stereocenters. The maximum atomic E-state index is 13.1. The number of benzene rings is 1. The molecule has 150 valence electrons. The molecule has 5 nitrogen and oxygen atoms in total. The van der Waals surface area contributed by atoms with Crippen molar-refractivity contribution in [2.24, 2.45) is 0 Å². The highest BCUT2D eigenvalue weighted by molar-refractivity contribution is 7.21.